The van der Waals surface area contributed by atoms with Gasteiger partial charge in [-0.3, -0.25) is 9.59 Å². The lowest BCUT2D eigenvalue weighted by Gasteiger charge is -2.19. The summed E-state index contributed by atoms with van der Waals surface area (Å²) in [5.74, 6) is -0.454. The molecule has 1 amide bonds. The third-order valence-electron chi connectivity index (χ3n) is 6.91. The zero-order valence-corrected chi connectivity index (χ0v) is 25.9. The molecule has 12 nitrogen and oxygen atoms in total. The fourth-order valence-electron chi connectivity index (χ4n) is 4.51. The summed E-state index contributed by atoms with van der Waals surface area (Å²) in [5.41, 5.74) is 0. The van der Waals surface area contributed by atoms with Crippen LogP contribution in [0.25, 0.3) is 0 Å². The molecule has 0 aliphatic carbocycles. The number of aliphatic hydroxyl groups is 9. The number of aliphatic hydroxyl groups excluding tert-OH is 9. The molecule has 0 heterocycles. The molecular formula is C31H57NO11. The highest BCUT2D eigenvalue weighted by Crippen LogP contribution is 2.15. The molecule has 10 N–H and O–H groups in total. The van der Waals surface area contributed by atoms with Crippen LogP contribution in [0.15, 0.2) is 24.3 Å². The predicted molar refractivity (Wildman–Crippen MR) is 162 cm³/mol. The monoisotopic (exact) mass is 619 g/mol. The SMILES string of the molecule is CC(=O)NCCCC(O)CC(O)C/C=C/C(O)CC(O)CC(O)CC(O)C/C=C/C(O)CC(O)CC(O)CC(=O)C(C)C. The third-order valence-corrected chi connectivity index (χ3v) is 6.91. The summed E-state index contributed by atoms with van der Waals surface area (Å²) in [4.78, 5) is 22.5. The molecule has 9 atom stereocenters. The van der Waals surface area contributed by atoms with Gasteiger partial charge in [0.1, 0.15) is 5.78 Å². The Balaban J connectivity index is 4.23. The van der Waals surface area contributed by atoms with Crippen molar-refractivity contribution < 1.29 is 55.5 Å². The smallest absolute Gasteiger partial charge is 0.216 e. The highest BCUT2D eigenvalue weighted by Gasteiger charge is 2.20. The molecule has 0 aromatic carbocycles. The molecule has 0 aromatic rings. The molecule has 0 aliphatic rings. The molecule has 0 aromatic heterocycles. The molecule has 12 heteroatoms. The largest absolute Gasteiger partial charge is 0.393 e. The van der Waals surface area contributed by atoms with E-state index in [4.69, 9.17) is 0 Å². The maximum absolute atomic E-state index is 11.7. The van der Waals surface area contributed by atoms with Gasteiger partial charge in [-0.25, -0.2) is 0 Å². The minimum Gasteiger partial charge on any atom is -0.393 e. The number of nitrogens with one attached hydrogen (secondary N) is 1. The Bertz CT molecular complexity index is 807. The number of ketones is 1. The standard InChI is InChI=1S/C31H57NO11/c1-20(2)31(43)19-30(42)18-29(41)16-25(37)10-5-9-24(36)15-28(40)17-27(39)14-23(35)8-4-7-22(34)13-26(38)11-6-12-32-21(3)33/h4-5,8,10,20,22-30,34-42H,6-7,9,11-19H2,1-3H3,(H,32,33)/b8-4+,10-5+. The van der Waals surface area contributed by atoms with Crippen LogP contribution >= 0.6 is 0 Å². The Morgan fingerprint density at radius 1 is 0.605 bits per heavy atom. The molecule has 0 spiro atoms. The van der Waals surface area contributed by atoms with Gasteiger partial charge in [0.2, 0.25) is 5.91 Å². The van der Waals surface area contributed by atoms with Gasteiger partial charge in [-0.1, -0.05) is 38.2 Å². The van der Waals surface area contributed by atoms with Crippen LogP contribution in [0.4, 0.5) is 0 Å². The molecule has 9 unspecified atom stereocenters. The Hall–Kier alpha value is -1.74. The highest BCUT2D eigenvalue weighted by atomic mass is 16.3. The van der Waals surface area contributed by atoms with Crippen molar-refractivity contribution in [1.29, 1.82) is 0 Å². The Morgan fingerprint density at radius 2 is 1.02 bits per heavy atom. The predicted octanol–water partition coefficient (Wildman–Crippen LogP) is -0.000800. The number of hydrogen-bond acceptors (Lipinski definition) is 11. The molecule has 0 fully saturated rings. The van der Waals surface area contributed by atoms with Gasteiger partial charge in [0.05, 0.1) is 54.9 Å². The molecule has 0 saturated carbocycles. The molecule has 0 aliphatic heterocycles. The van der Waals surface area contributed by atoms with Crippen LogP contribution in [0, 0.1) is 5.92 Å². The molecule has 0 rings (SSSR count). The lowest BCUT2D eigenvalue weighted by molar-refractivity contribution is -0.124. The zero-order valence-electron chi connectivity index (χ0n) is 25.9. The minimum atomic E-state index is -1.04. The topological polar surface area (TPSA) is 228 Å². The van der Waals surface area contributed by atoms with E-state index in [2.05, 4.69) is 5.32 Å². The van der Waals surface area contributed by atoms with E-state index in [9.17, 15) is 55.5 Å². The first-order valence-corrected chi connectivity index (χ1v) is 15.3. The lowest BCUT2D eigenvalue weighted by Crippen LogP contribution is -2.25. The first kappa shape index (κ1) is 41.3. The van der Waals surface area contributed by atoms with Crippen LogP contribution in [0.1, 0.15) is 91.4 Å². The Labute approximate surface area is 255 Å². The summed E-state index contributed by atoms with van der Waals surface area (Å²) in [6.07, 6.45) is -1.53. The second-order valence-corrected chi connectivity index (χ2v) is 11.9. The van der Waals surface area contributed by atoms with Crippen LogP contribution in [0.5, 0.6) is 0 Å². The molecule has 0 saturated heterocycles. The van der Waals surface area contributed by atoms with Crippen LogP contribution in [-0.4, -0.2) is 119 Å². The average molecular weight is 620 g/mol. The van der Waals surface area contributed by atoms with Gasteiger partial charge in [0, 0.05) is 38.6 Å². The normalized spacial score (nSPS) is 18.7. The van der Waals surface area contributed by atoms with Gasteiger partial charge in [0.15, 0.2) is 0 Å². The van der Waals surface area contributed by atoms with E-state index in [1.54, 1.807) is 19.9 Å². The van der Waals surface area contributed by atoms with Gasteiger partial charge in [-0.15, -0.1) is 0 Å². The van der Waals surface area contributed by atoms with Crippen molar-refractivity contribution >= 4 is 11.7 Å². The second-order valence-electron chi connectivity index (χ2n) is 11.9. The van der Waals surface area contributed by atoms with Crippen LogP contribution in [-0.2, 0) is 9.59 Å². The van der Waals surface area contributed by atoms with E-state index in [-0.39, 0.29) is 75.4 Å². The number of hydrogen-bond donors (Lipinski definition) is 10. The van der Waals surface area contributed by atoms with E-state index < -0.39 is 54.9 Å². The van der Waals surface area contributed by atoms with Crippen molar-refractivity contribution in [1.82, 2.24) is 5.32 Å². The van der Waals surface area contributed by atoms with E-state index in [1.807, 2.05) is 0 Å². The molecular weight excluding hydrogens is 562 g/mol. The molecule has 43 heavy (non-hydrogen) atoms. The van der Waals surface area contributed by atoms with Crippen molar-refractivity contribution in [2.45, 2.75) is 146 Å². The van der Waals surface area contributed by atoms with Gasteiger partial charge in [-0.05, 0) is 51.4 Å². The van der Waals surface area contributed by atoms with Crippen molar-refractivity contribution in [3.05, 3.63) is 24.3 Å². The van der Waals surface area contributed by atoms with E-state index in [0.29, 0.717) is 19.4 Å². The van der Waals surface area contributed by atoms with Gasteiger partial charge in [-0.2, -0.15) is 0 Å². The summed E-state index contributed by atoms with van der Waals surface area (Å²) in [6, 6.07) is 0. The Kier molecular flexibility index (Phi) is 22.7. The van der Waals surface area contributed by atoms with Gasteiger partial charge >= 0.3 is 0 Å². The summed E-state index contributed by atoms with van der Waals surface area (Å²) in [5, 5.41) is 93.3. The van der Waals surface area contributed by atoms with Gasteiger partial charge in [0.25, 0.3) is 0 Å². The van der Waals surface area contributed by atoms with Crippen LogP contribution in [0.2, 0.25) is 0 Å². The zero-order chi connectivity index (χ0) is 32.9. The molecule has 0 radical (unpaired) electrons. The maximum Gasteiger partial charge on any atom is 0.216 e. The molecule has 0 bridgehead atoms. The van der Waals surface area contributed by atoms with Gasteiger partial charge < -0.3 is 51.3 Å². The first-order chi connectivity index (χ1) is 20.1. The number of carbonyl (C=O) groups is 2. The fourth-order valence-corrected chi connectivity index (χ4v) is 4.51. The summed E-state index contributed by atoms with van der Waals surface area (Å²) in [6.45, 7) is 5.33. The highest BCUT2D eigenvalue weighted by molar-refractivity contribution is 5.80. The van der Waals surface area contributed by atoms with E-state index >= 15 is 0 Å². The lowest BCUT2D eigenvalue weighted by atomic mass is 9.97. The number of amides is 1. The van der Waals surface area contributed by atoms with Crippen molar-refractivity contribution in [2.24, 2.45) is 5.92 Å². The van der Waals surface area contributed by atoms with E-state index in [0.717, 1.165) is 0 Å². The number of Topliss-reactive ketones (excluding diaryl/α,β-unsaturated/α-hetero) is 1. The van der Waals surface area contributed by atoms with Crippen LogP contribution < -0.4 is 5.32 Å². The van der Waals surface area contributed by atoms with Crippen molar-refractivity contribution in [3.63, 3.8) is 0 Å². The summed E-state index contributed by atoms with van der Waals surface area (Å²) in [7, 11) is 0. The average Bonchev–Trinajstić information content (AvgIpc) is 2.85. The fraction of sp³-hybridized carbons (Fsp3) is 0.806. The summed E-state index contributed by atoms with van der Waals surface area (Å²) >= 11 is 0. The number of carbonyl (C=O) groups excluding carboxylic acids is 2. The van der Waals surface area contributed by atoms with Crippen LogP contribution in [0.3, 0.4) is 0 Å². The number of rotatable bonds is 25. The van der Waals surface area contributed by atoms with Crippen molar-refractivity contribution in [3.8, 4) is 0 Å². The molecule has 252 valence electrons. The third kappa shape index (κ3) is 24.3. The van der Waals surface area contributed by atoms with Crippen molar-refractivity contribution in [2.75, 3.05) is 6.54 Å². The minimum absolute atomic E-state index is 0.0402. The quantitative estimate of drug-likeness (QED) is 0.0483. The second kappa shape index (κ2) is 23.6. The Morgan fingerprint density at radius 3 is 1.49 bits per heavy atom. The summed E-state index contributed by atoms with van der Waals surface area (Å²) < 4.78 is 0. The van der Waals surface area contributed by atoms with E-state index in [1.165, 1.54) is 25.2 Å². The first-order valence-electron chi connectivity index (χ1n) is 15.3. The maximum atomic E-state index is 11.7.